The highest BCUT2D eigenvalue weighted by Crippen LogP contribution is 2.25. The topological polar surface area (TPSA) is 97.4 Å². The second-order valence-corrected chi connectivity index (χ2v) is 8.28. The molecule has 3 amide bonds. The Hall–Kier alpha value is -3.46. The molecule has 0 radical (unpaired) electrons. The summed E-state index contributed by atoms with van der Waals surface area (Å²) >= 11 is 5.76. The molecular formula is C23H21ClF2N4O3. The minimum atomic E-state index is -1.37. The summed E-state index contributed by atoms with van der Waals surface area (Å²) in [6.07, 6.45) is -0.0467. The molecule has 10 heteroatoms. The molecule has 1 saturated heterocycles. The maximum absolute atomic E-state index is 14.2. The van der Waals surface area contributed by atoms with Crippen molar-refractivity contribution < 1.29 is 23.2 Å². The number of carbonyl (C=O) groups excluding carboxylic acids is 3. The number of rotatable bonds is 6. The highest BCUT2D eigenvalue weighted by atomic mass is 35.5. The SMILES string of the molecule is NC(=O)c1cn(CC(=O)N2C[C@H](F)C[C@H]2C(=O)NCc2cccc(Cl)c2F)c2ccccc12. The number of nitrogens with two attached hydrogens (primary N) is 1. The van der Waals surface area contributed by atoms with E-state index in [1.54, 1.807) is 34.9 Å². The number of carbonyl (C=O) groups is 3. The van der Waals surface area contributed by atoms with Crippen molar-refractivity contribution in [2.75, 3.05) is 6.54 Å². The molecule has 2 atom stereocenters. The van der Waals surface area contributed by atoms with Gasteiger partial charge in [-0.05, 0) is 12.1 Å². The first kappa shape index (κ1) is 22.7. The number of hydrogen-bond donors (Lipinski definition) is 2. The van der Waals surface area contributed by atoms with Crippen LogP contribution in [-0.4, -0.2) is 45.9 Å². The van der Waals surface area contributed by atoms with Gasteiger partial charge in [0, 0.05) is 35.6 Å². The molecule has 2 aromatic carbocycles. The van der Waals surface area contributed by atoms with E-state index in [9.17, 15) is 23.2 Å². The van der Waals surface area contributed by atoms with Crippen LogP contribution < -0.4 is 11.1 Å². The molecule has 0 spiro atoms. The van der Waals surface area contributed by atoms with Crippen LogP contribution in [0.15, 0.2) is 48.7 Å². The first-order chi connectivity index (χ1) is 15.8. The number of aromatic nitrogens is 1. The third kappa shape index (κ3) is 4.54. The average molecular weight is 475 g/mol. The summed E-state index contributed by atoms with van der Waals surface area (Å²) in [4.78, 5) is 38.7. The summed E-state index contributed by atoms with van der Waals surface area (Å²) in [6, 6.07) is 10.3. The summed E-state index contributed by atoms with van der Waals surface area (Å²) in [5, 5.41) is 3.09. The van der Waals surface area contributed by atoms with Crippen molar-refractivity contribution in [1.82, 2.24) is 14.8 Å². The quantitative estimate of drug-likeness (QED) is 0.575. The number of halogens is 3. The molecule has 0 bridgehead atoms. The Morgan fingerprint density at radius 1 is 1.15 bits per heavy atom. The lowest BCUT2D eigenvalue weighted by atomic mass is 10.1. The van der Waals surface area contributed by atoms with Gasteiger partial charge in [0.15, 0.2) is 0 Å². The van der Waals surface area contributed by atoms with Crippen molar-refractivity contribution in [1.29, 1.82) is 0 Å². The largest absolute Gasteiger partial charge is 0.366 e. The number of hydrogen-bond acceptors (Lipinski definition) is 3. The second-order valence-electron chi connectivity index (χ2n) is 7.88. The van der Waals surface area contributed by atoms with Crippen LogP contribution in [0.25, 0.3) is 10.9 Å². The van der Waals surface area contributed by atoms with E-state index >= 15 is 0 Å². The number of fused-ring (bicyclic) bond motifs is 1. The highest BCUT2D eigenvalue weighted by Gasteiger charge is 2.39. The average Bonchev–Trinajstić information content (AvgIpc) is 3.36. The van der Waals surface area contributed by atoms with Crippen LogP contribution in [0.2, 0.25) is 5.02 Å². The predicted molar refractivity (Wildman–Crippen MR) is 119 cm³/mol. The van der Waals surface area contributed by atoms with Crippen LogP contribution >= 0.6 is 11.6 Å². The van der Waals surface area contributed by atoms with Crippen molar-refractivity contribution >= 4 is 40.2 Å². The molecule has 1 aliphatic rings. The fraction of sp³-hybridized carbons (Fsp3) is 0.261. The number of benzene rings is 2. The summed E-state index contributed by atoms with van der Waals surface area (Å²) in [5.74, 6) is -2.35. The van der Waals surface area contributed by atoms with E-state index in [0.29, 0.717) is 10.9 Å². The van der Waals surface area contributed by atoms with Crippen LogP contribution in [0.4, 0.5) is 8.78 Å². The first-order valence-corrected chi connectivity index (χ1v) is 10.7. The Kier molecular flexibility index (Phi) is 6.33. The number of para-hydroxylation sites is 1. The lowest BCUT2D eigenvalue weighted by molar-refractivity contribution is -0.139. The number of alkyl halides is 1. The molecule has 1 aromatic heterocycles. The van der Waals surface area contributed by atoms with E-state index in [1.165, 1.54) is 23.2 Å². The maximum Gasteiger partial charge on any atom is 0.250 e. The standard InChI is InChI=1S/C23H21ClF2N4O3/c24-17-6-3-4-13(21(17)26)9-28-23(33)19-8-14(25)10-30(19)20(31)12-29-11-16(22(27)32)15-5-1-2-7-18(15)29/h1-7,11,14,19H,8-10,12H2,(H2,27,32)(H,28,33)/t14-,19+/m1/s1. The zero-order valence-corrected chi connectivity index (χ0v) is 18.2. The van der Waals surface area contributed by atoms with Gasteiger partial charge in [-0.25, -0.2) is 8.78 Å². The molecule has 0 unspecified atom stereocenters. The minimum Gasteiger partial charge on any atom is -0.366 e. The highest BCUT2D eigenvalue weighted by molar-refractivity contribution is 6.30. The molecule has 172 valence electrons. The number of nitrogens with one attached hydrogen (secondary N) is 1. The fourth-order valence-corrected chi connectivity index (χ4v) is 4.30. The van der Waals surface area contributed by atoms with Crippen LogP contribution in [-0.2, 0) is 22.7 Å². The van der Waals surface area contributed by atoms with Gasteiger partial charge in [-0.2, -0.15) is 0 Å². The van der Waals surface area contributed by atoms with Crippen molar-refractivity contribution in [2.24, 2.45) is 5.73 Å². The van der Waals surface area contributed by atoms with E-state index < -0.39 is 35.8 Å². The smallest absolute Gasteiger partial charge is 0.250 e. The Balaban J connectivity index is 1.50. The Morgan fingerprint density at radius 2 is 1.91 bits per heavy atom. The van der Waals surface area contributed by atoms with Gasteiger partial charge in [-0.3, -0.25) is 14.4 Å². The van der Waals surface area contributed by atoms with Crippen LogP contribution in [0.3, 0.4) is 0 Å². The van der Waals surface area contributed by atoms with Gasteiger partial charge in [0.2, 0.25) is 11.8 Å². The molecule has 1 fully saturated rings. The molecule has 0 aliphatic carbocycles. The molecule has 2 heterocycles. The van der Waals surface area contributed by atoms with Crippen molar-refractivity contribution in [3.8, 4) is 0 Å². The van der Waals surface area contributed by atoms with E-state index in [0.717, 1.165) is 0 Å². The van der Waals surface area contributed by atoms with Gasteiger partial charge in [0.25, 0.3) is 5.91 Å². The molecule has 3 N–H and O–H groups in total. The Bertz CT molecular complexity index is 1250. The predicted octanol–water partition coefficient (Wildman–Crippen LogP) is 2.79. The van der Waals surface area contributed by atoms with Crippen LogP contribution in [0, 0.1) is 5.82 Å². The Labute approximate surface area is 193 Å². The number of nitrogens with zero attached hydrogens (tertiary/aromatic N) is 2. The van der Waals surface area contributed by atoms with E-state index in [2.05, 4.69) is 5.32 Å². The van der Waals surface area contributed by atoms with Crippen LogP contribution in [0.5, 0.6) is 0 Å². The molecule has 3 aromatic rings. The zero-order valence-electron chi connectivity index (χ0n) is 17.4. The summed E-state index contributed by atoms with van der Waals surface area (Å²) in [5.41, 5.74) is 6.51. The summed E-state index contributed by atoms with van der Waals surface area (Å²) in [7, 11) is 0. The lowest BCUT2D eigenvalue weighted by Crippen LogP contribution is -2.46. The first-order valence-electron chi connectivity index (χ1n) is 10.3. The zero-order chi connectivity index (χ0) is 23.7. The maximum atomic E-state index is 14.2. The van der Waals surface area contributed by atoms with E-state index in [4.69, 9.17) is 17.3 Å². The van der Waals surface area contributed by atoms with Gasteiger partial charge in [0.1, 0.15) is 24.6 Å². The molecule has 7 nitrogen and oxygen atoms in total. The molecule has 33 heavy (non-hydrogen) atoms. The molecule has 1 aliphatic heterocycles. The molecule has 0 saturated carbocycles. The molecular weight excluding hydrogens is 454 g/mol. The monoisotopic (exact) mass is 474 g/mol. The van der Waals surface area contributed by atoms with Gasteiger partial charge in [-0.1, -0.05) is 41.9 Å². The van der Waals surface area contributed by atoms with E-state index in [1.807, 2.05) is 0 Å². The fourth-order valence-electron chi connectivity index (χ4n) is 4.10. The number of primary amides is 1. The third-order valence-corrected chi connectivity index (χ3v) is 6.01. The number of amides is 3. The summed E-state index contributed by atoms with van der Waals surface area (Å²) in [6.45, 7) is -0.581. The van der Waals surface area contributed by atoms with Crippen molar-refractivity contribution in [3.63, 3.8) is 0 Å². The lowest BCUT2D eigenvalue weighted by Gasteiger charge is -2.24. The van der Waals surface area contributed by atoms with Gasteiger partial charge in [0.05, 0.1) is 17.1 Å². The van der Waals surface area contributed by atoms with Crippen molar-refractivity contribution in [2.45, 2.75) is 31.7 Å². The Morgan fingerprint density at radius 3 is 2.67 bits per heavy atom. The van der Waals surface area contributed by atoms with Gasteiger partial charge < -0.3 is 20.5 Å². The van der Waals surface area contributed by atoms with Gasteiger partial charge >= 0.3 is 0 Å². The third-order valence-electron chi connectivity index (χ3n) is 5.72. The van der Waals surface area contributed by atoms with Crippen LogP contribution in [0.1, 0.15) is 22.3 Å². The molecule has 4 rings (SSSR count). The minimum absolute atomic E-state index is 0.0717. The van der Waals surface area contributed by atoms with E-state index in [-0.39, 0.29) is 42.2 Å². The summed E-state index contributed by atoms with van der Waals surface area (Å²) < 4.78 is 29.8. The van der Waals surface area contributed by atoms with Gasteiger partial charge in [-0.15, -0.1) is 0 Å². The number of likely N-dealkylation sites (tertiary alicyclic amines) is 1. The second kappa shape index (κ2) is 9.19. The normalized spacial score (nSPS) is 18.0. The van der Waals surface area contributed by atoms with Crippen molar-refractivity contribution in [3.05, 3.63) is 70.6 Å².